The Labute approximate surface area is 113 Å². The van der Waals surface area contributed by atoms with E-state index in [9.17, 15) is 5.11 Å². The molecule has 1 atom stereocenters. The van der Waals surface area contributed by atoms with E-state index in [1.54, 1.807) is 0 Å². The highest BCUT2D eigenvalue weighted by molar-refractivity contribution is 5.56. The fourth-order valence-corrected chi connectivity index (χ4v) is 2.72. The number of aliphatic hydroxyl groups is 1. The second-order valence-electron chi connectivity index (χ2n) is 5.05. The van der Waals surface area contributed by atoms with Crippen LogP contribution in [-0.4, -0.2) is 27.7 Å². The van der Waals surface area contributed by atoms with E-state index >= 15 is 0 Å². The molecule has 0 saturated heterocycles. The largest absolute Gasteiger partial charge is 0.388 e. The van der Waals surface area contributed by atoms with Gasteiger partial charge in [-0.2, -0.15) is 0 Å². The number of imidazole rings is 1. The molecule has 100 valence electrons. The van der Waals surface area contributed by atoms with Crippen LogP contribution < -0.4 is 4.90 Å². The monoisotopic (exact) mass is 257 g/mol. The second-order valence-corrected chi connectivity index (χ2v) is 5.05. The first-order chi connectivity index (χ1) is 9.25. The van der Waals surface area contributed by atoms with Gasteiger partial charge in [0.15, 0.2) is 0 Å². The molecule has 1 aromatic carbocycles. The summed E-state index contributed by atoms with van der Waals surface area (Å²) < 4.78 is 2.06. The quantitative estimate of drug-likeness (QED) is 0.913. The van der Waals surface area contributed by atoms with E-state index in [-0.39, 0.29) is 6.10 Å². The minimum Gasteiger partial charge on any atom is -0.388 e. The molecule has 1 aliphatic heterocycles. The van der Waals surface area contributed by atoms with E-state index in [4.69, 9.17) is 0 Å². The van der Waals surface area contributed by atoms with Crippen LogP contribution in [-0.2, 0) is 13.5 Å². The van der Waals surface area contributed by atoms with Crippen molar-refractivity contribution in [2.75, 3.05) is 18.0 Å². The van der Waals surface area contributed by atoms with Gasteiger partial charge in [-0.25, -0.2) is 4.98 Å². The van der Waals surface area contributed by atoms with Crippen molar-refractivity contribution in [1.29, 1.82) is 0 Å². The molecular weight excluding hydrogens is 238 g/mol. The van der Waals surface area contributed by atoms with Gasteiger partial charge in [-0.05, 0) is 12.5 Å². The zero-order valence-electron chi connectivity index (χ0n) is 11.2. The first kappa shape index (κ1) is 12.2. The lowest BCUT2D eigenvalue weighted by Gasteiger charge is -2.33. The van der Waals surface area contributed by atoms with E-state index < -0.39 is 0 Å². The Hall–Kier alpha value is -1.81. The molecular formula is C15H19N3O. The zero-order chi connectivity index (χ0) is 13.2. The number of rotatable bonds is 3. The Bertz CT molecular complexity index is 564. The normalized spacial score (nSPS) is 18.4. The van der Waals surface area contributed by atoms with Crippen LogP contribution in [0.15, 0.2) is 36.7 Å². The van der Waals surface area contributed by atoms with Gasteiger partial charge in [-0.1, -0.05) is 18.2 Å². The Balaban J connectivity index is 1.76. The third-order valence-electron chi connectivity index (χ3n) is 3.84. The second kappa shape index (κ2) is 5.05. The number of nitrogens with zero attached hydrogens (tertiary/aromatic N) is 3. The van der Waals surface area contributed by atoms with E-state index in [0.29, 0.717) is 0 Å². The van der Waals surface area contributed by atoms with Gasteiger partial charge in [0.2, 0.25) is 0 Å². The lowest BCUT2D eigenvalue weighted by molar-refractivity contribution is 0.164. The smallest absolute Gasteiger partial charge is 0.110 e. The molecule has 1 aliphatic rings. The molecule has 3 rings (SSSR count). The zero-order valence-corrected chi connectivity index (χ0v) is 11.2. The van der Waals surface area contributed by atoms with Crippen LogP contribution in [0.2, 0.25) is 0 Å². The highest BCUT2D eigenvalue weighted by atomic mass is 16.3. The number of fused-ring (bicyclic) bond motifs is 1. The van der Waals surface area contributed by atoms with E-state index in [0.717, 1.165) is 43.0 Å². The SMILES string of the molecule is Cn1ccnc1CCN1CCC(O)c2ccccc21. The third kappa shape index (κ3) is 2.36. The number of aliphatic hydroxyl groups excluding tert-OH is 1. The Morgan fingerprint density at radius 3 is 3.00 bits per heavy atom. The molecule has 0 bridgehead atoms. The number of benzene rings is 1. The summed E-state index contributed by atoms with van der Waals surface area (Å²) in [7, 11) is 2.02. The molecule has 19 heavy (non-hydrogen) atoms. The molecule has 2 aromatic rings. The average molecular weight is 257 g/mol. The van der Waals surface area contributed by atoms with Crippen LogP contribution in [0.1, 0.15) is 23.9 Å². The Kier molecular flexibility index (Phi) is 3.25. The summed E-state index contributed by atoms with van der Waals surface area (Å²) in [5, 5.41) is 10.0. The third-order valence-corrected chi connectivity index (χ3v) is 3.84. The van der Waals surface area contributed by atoms with Gasteiger partial charge in [0.25, 0.3) is 0 Å². The molecule has 1 unspecified atom stereocenters. The van der Waals surface area contributed by atoms with Crippen molar-refractivity contribution >= 4 is 5.69 Å². The van der Waals surface area contributed by atoms with Crippen molar-refractivity contribution in [3.8, 4) is 0 Å². The van der Waals surface area contributed by atoms with Gasteiger partial charge in [-0.15, -0.1) is 0 Å². The summed E-state index contributed by atoms with van der Waals surface area (Å²) >= 11 is 0. The Morgan fingerprint density at radius 1 is 1.37 bits per heavy atom. The summed E-state index contributed by atoms with van der Waals surface area (Å²) in [6.07, 6.45) is 5.22. The maximum atomic E-state index is 10.0. The molecule has 4 nitrogen and oxygen atoms in total. The molecule has 0 spiro atoms. The van der Waals surface area contributed by atoms with Gasteiger partial charge >= 0.3 is 0 Å². The Morgan fingerprint density at radius 2 is 2.21 bits per heavy atom. The first-order valence-corrected chi connectivity index (χ1v) is 6.74. The highest BCUT2D eigenvalue weighted by Crippen LogP contribution is 2.33. The van der Waals surface area contributed by atoms with Crippen molar-refractivity contribution < 1.29 is 5.11 Å². The van der Waals surface area contributed by atoms with Crippen LogP contribution in [0, 0.1) is 0 Å². The van der Waals surface area contributed by atoms with Gasteiger partial charge < -0.3 is 14.6 Å². The predicted octanol–water partition coefficient (Wildman–Crippen LogP) is 1.91. The molecule has 2 heterocycles. The van der Waals surface area contributed by atoms with Crippen LogP contribution in [0.5, 0.6) is 0 Å². The van der Waals surface area contributed by atoms with E-state index in [1.165, 1.54) is 0 Å². The molecule has 0 radical (unpaired) electrons. The standard InChI is InChI=1S/C15H19N3O/c1-17-11-8-16-15(17)7-10-18-9-6-14(19)12-4-2-3-5-13(12)18/h2-5,8,11,14,19H,6-7,9-10H2,1H3. The fourth-order valence-electron chi connectivity index (χ4n) is 2.72. The van der Waals surface area contributed by atoms with Crippen LogP contribution in [0.3, 0.4) is 0 Å². The van der Waals surface area contributed by atoms with Gasteiger partial charge in [-0.3, -0.25) is 0 Å². The van der Waals surface area contributed by atoms with Crippen molar-refractivity contribution in [1.82, 2.24) is 9.55 Å². The van der Waals surface area contributed by atoms with Crippen LogP contribution >= 0.6 is 0 Å². The summed E-state index contributed by atoms with van der Waals surface area (Å²) in [6, 6.07) is 8.14. The van der Waals surface area contributed by atoms with Crippen molar-refractivity contribution in [3.63, 3.8) is 0 Å². The van der Waals surface area contributed by atoms with E-state index in [1.807, 2.05) is 37.6 Å². The van der Waals surface area contributed by atoms with Gasteiger partial charge in [0, 0.05) is 50.2 Å². The van der Waals surface area contributed by atoms with Crippen molar-refractivity contribution in [3.05, 3.63) is 48.0 Å². The van der Waals surface area contributed by atoms with Crippen molar-refractivity contribution in [2.45, 2.75) is 18.9 Å². The highest BCUT2D eigenvalue weighted by Gasteiger charge is 2.22. The molecule has 0 amide bonds. The number of hydrogen-bond acceptors (Lipinski definition) is 3. The maximum Gasteiger partial charge on any atom is 0.110 e. The minimum absolute atomic E-state index is 0.319. The van der Waals surface area contributed by atoms with Gasteiger partial charge in [0.1, 0.15) is 5.82 Å². The summed E-state index contributed by atoms with van der Waals surface area (Å²) in [4.78, 5) is 6.70. The number of aryl methyl sites for hydroxylation is 1. The summed E-state index contributed by atoms with van der Waals surface area (Å²) in [5.74, 6) is 1.10. The topological polar surface area (TPSA) is 41.3 Å². The van der Waals surface area contributed by atoms with E-state index in [2.05, 4.69) is 20.5 Å². The molecule has 0 saturated carbocycles. The van der Waals surface area contributed by atoms with Crippen LogP contribution in [0.25, 0.3) is 0 Å². The molecule has 4 heteroatoms. The maximum absolute atomic E-state index is 10.0. The number of para-hydroxylation sites is 1. The minimum atomic E-state index is -0.319. The van der Waals surface area contributed by atoms with Crippen LogP contribution in [0.4, 0.5) is 5.69 Å². The lowest BCUT2D eigenvalue weighted by Crippen LogP contribution is -2.33. The molecule has 0 fully saturated rings. The number of aromatic nitrogens is 2. The van der Waals surface area contributed by atoms with Gasteiger partial charge in [0.05, 0.1) is 6.10 Å². The number of anilines is 1. The fraction of sp³-hybridized carbons (Fsp3) is 0.400. The molecule has 1 aromatic heterocycles. The summed E-state index contributed by atoms with van der Waals surface area (Å²) in [5.41, 5.74) is 2.21. The molecule has 1 N–H and O–H groups in total. The average Bonchev–Trinajstić information content (AvgIpc) is 2.84. The predicted molar refractivity (Wildman–Crippen MR) is 75.1 cm³/mol. The summed E-state index contributed by atoms with van der Waals surface area (Å²) in [6.45, 7) is 1.84. The first-order valence-electron chi connectivity index (χ1n) is 6.74. The molecule has 0 aliphatic carbocycles. The van der Waals surface area contributed by atoms with Crippen molar-refractivity contribution in [2.24, 2.45) is 7.05 Å². The number of hydrogen-bond donors (Lipinski definition) is 1. The lowest BCUT2D eigenvalue weighted by atomic mass is 9.99.